The zero-order valence-electron chi connectivity index (χ0n) is 40.8. The molecule has 0 aromatic rings. The molecule has 69 heavy (non-hydrogen) atoms. The van der Waals surface area contributed by atoms with E-state index < -0.39 is 135 Å². The van der Waals surface area contributed by atoms with Gasteiger partial charge in [-0.2, -0.15) is 0 Å². The molecule has 13 N–H and O–H groups in total. The summed E-state index contributed by atoms with van der Waals surface area (Å²) in [6.07, 6.45) is -16.1. The molecule has 1 aliphatic carbocycles. The Morgan fingerprint density at radius 3 is 1.78 bits per heavy atom. The third-order valence-corrected chi connectivity index (χ3v) is 14.9. The monoisotopic (exact) mass is 993 g/mol. The molecule has 398 valence electrons. The van der Waals surface area contributed by atoms with E-state index in [1.807, 2.05) is 19.1 Å². The highest BCUT2D eigenvalue weighted by Crippen LogP contribution is 2.55. The molecule has 3 saturated heterocycles. The second kappa shape index (κ2) is 25.6. The summed E-state index contributed by atoms with van der Waals surface area (Å²) in [5, 5.41) is 135. The van der Waals surface area contributed by atoms with Crippen LogP contribution in [0.3, 0.4) is 0 Å². The molecule has 3 aliphatic heterocycles. The lowest BCUT2D eigenvalue weighted by Gasteiger charge is -2.53. The minimum absolute atomic E-state index is 0.0284. The molecule has 0 amide bonds. The van der Waals surface area contributed by atoms with Gasteiger partial charge >= 0.3 is 0 Å². The number of Topliss-reactive ketones (excluding diaryl/α,β-unsaturated/α-hetero) is 1. The number of ether oxygens (including phenoxy) is 6. The van der Waals surface area contributed by atoms with E-state index in [0.717, 1.165) is 17.4 Å². The van der Waals surface area contributed by atoms with Gasteiger partial charge in [0.15, 0.2) is 24.7 Å². The number of aliphatic hydroxyl groups excluding tert-OH is 12. The van der Waals surface area contributed by atoms with Crippen LogP contribution in [0, 0.1) is 11.3 Å². The molecule has 0 aromatic carbocycles. The third-order valence-electron chi connectivity index (χ3n) is 14.9. The second-order valence-electron chi connectivity index (χ2n) is 20.1. The van der Waals surface area contributed by atoms with Crippen LogP contribution < -0.4 is 0 Å². The SMILES string of the molecule is C/C(=C\CC(O[C@@H]1O[C@H](CO)[C@@H](O)[C@H](O)[C@H]1O)/C(C)=C/CC[C@@]1(C)[C@H](CCCO[C@@H]2O[C@H](CO)[C@@H](O)[C@H](O)[C@H]2O)/C(=C(\C)C=O)CC[C@]1(C)O)CCC(=O)C(C)(C)O[C@@H]1O[C@H](CO)[C@@H](O)[C@H](O)[C@H]1O. The van der Waals surface area contributed by atoms with Gasteiger partial charge in [-0.25, -0.2) is 0 Å². The van der Waals surface area contributed by atoms with Gasteiger partial charge < -0.3 is 94.8 Å². The van der Waals surface area contributed by atoms with Crippen LogP contribution in [0.5, 0.6) is 0 Å². The van der Waals surface area contributed by atoms with E-state index in [0.29, 0.717) is 49.7 Å². The maximum Gasteiger partial charge on any atom is 0.187 e. The Hall–Kier alpha value is -2.20. The van der Waals surface area contributed by atoms with E-state index in [4.69, 9.17) is 28.4 Å². The second-order valence-corrected chi connectivity index (χ2v) is 20.1. The first-order valence-corrected chi connectivity index (χ1v) is 23.9. The summed E-state index contributed by atoms with van der Waals surface area (Å²) in [6, 6.07) is 0. The Balaban J connectivity index is 1.52. The summed E-state index contributed by atoms with van der Waals surface area (Å²) >= 11 is 0. The number of carbonyl (C=O) groups excluding carboxylic acids is 2. The topological polar surface area (TPSA) is 353 Å². The van der Waals surface area contributed by atoms with E-state index in [-0.39, 0.29) is 37.6 Å². The standard InChI is InChI=1S/C48H80O21/c1-24(13-15-33(53)46(4,5)69-45-42(62)39(59)36(56)32(23-52)68-45)12-14-29(65-44-41(61)38(58)35(55)31(22-51)67-44)25(2)10-8-17-47(6)28(27(26(3)20-49)16-18-48(47,7)63)11-9-19-64-43-40(60)37(57)34(54)30(21-50)66-43/h10,12,20,28-32,34-45,50-52,54-63H,8-9,11,13-19,21-23H2,1-7H3/b24-12+,25-10+,27-26+/t28-,29?,30-,31-,32-,34-,35-,36-,37+,38+,39+,40-,41-,42-,43-,44-,45+,47+,48+/m1/s1. The highest BCUT2D eigenvalue weighted by atomic mass is 16.7. The first-order chi connectivity index (χ1) is 32.3. The minimum Gasteiger partial charge on any atom is -0.394 e. The molecule has 0 radical (unpaired) electrons. The van der Waals surface area contributed by atoms with Crippen molar-refractivity contribution >= 4 is 12.1 Å². The third kappa shape index (κ3) is 14.1. The van der Waals surface area contributed by atoms with Gasteiger partial charge in [0.1, 0.15) is 85.1 Å². The number of rotatable bonds is 23. The van der Waals surface area contributed by atoms with Gasteiger partial charge in [0.25, 0.3) is 0 Å². The lowest BCUT2D eigenvalue weighted by Crippen LogP contribution is -2.61. The van der Waals surface area contributed by atoms with Crippen molar-refractivity contribution in [3.63, 3.8) is 0 Å². The van der Waals surface area contributed by atoms with Crippen molar-refractivity contribution in [3.05, 3.63) is 34.4 Å². The van der Waals surface area contributed by atoms with E-state index in [1.165, 1.54) is 13.8 Å². The predicted molar refractivity (Wildman–Crippen MR) is 242 cm³/mol. The van der Waals surface area contributed by atoms with Crippen LogP contribution in [-0.2, 0) is 38.0 Å². The van der Waals surface area contributed by atoms with Crippen LogP contribution >= 0.6 is 0 Å². The largest absolute Gasteiger partial charge is 0.394 e. The molecule has 4 aliphatic rings. The zero-order chi connectivity index (χ0) is 51.8. The van der Waals surface area contributed by atoms with Gasteiger partial charge in [-0.3, -0.25) is 9.59 Å². The van der Waals surface area contributed by atoms with E-state index in [1.54, 1.807) is 27.7 Å². The van der Waals surface area contributed by atoms with Crippen molar-refractivity contribution in [2.45, 2.75) is 216 Å². The Labute approximate surface area is 403 Å². The van der Waals surface area contributed by atoms with Gasteiger partial charge in [-0.15, -0.1) is 0 Å². The van der Waals surface area contributed by atoms with E-state index in [2.05, 4.69) is 0 Å². The van der Waals surface area contributed by atoms with Gasteiger partial charge in [0.05, 0.1) is 31.5 Å². The van der Waals surface area contributed by atoms with E-state index >= 15 is 0 Å². The Morgan fingerprint density at radius 1 is 0.739 bits per heavy atom. The Bertz CT molecular complexity index is 1750. The lowest BCUT2D eigenvalue weighted by atomic mass is 9.54. The van der Waals surface area contributed by atoms with Crippen LogP contribution in [0.2, 0.25) is 0 Å². The van der Waals surface area contributed by atoms with Gasteiger partial charge in [-0.05, 0) is 110 Å². The van der Waals surface area contributed by atoms with Crippen molar-refractivity contribution < 1.29 is 104 Å². The molecule has 0 aromatic heterocycles. The highest BCUT2D eigenvalue weighted by molar-refractivity contribution is 5.86. The Morgan fingerprint density at radius 2 is 1.25 bits per heavy atom. The molecule has 0 spiro atoms. The average molecular weight is 993 g/mol. The van der Waals surface area contributed by atoms with Gasteiger partial charge in [-0.1, -0.05) is 30.2 Å². The molecule has 1 unspecified atom stereocenters. The predicted octanol–water partition coefficient (Wildman–Crippen LogP) is -1.54. The number of aliphatic hydroxyl groups is 13. The fourth-order valence-electron chi connectivity index (χ4n) is 9.74. The maximum absolute atomic E-state index is 13.4. The quantitative estimate of drug-likeness (QED) is 0.0239. The van der Waals surface area contributed by atoms with Crippen LogP contribution in [0.4, 0.5) is 0 Å². The molecule has 21 nitrogen and oxygen atoms in total. The molecule has 21 heteroatoms. The molecule has 4 fully saturated rings. The first-order valence-electron chi connectivity index (χ1n) is 23.9. The molecular weight excluding hydrogens is 913 g/mol. The minimum atomic E-state index is -1.70. The van der Waals surface area contributed by atoms with Gasteiger partial charge in [0, 0.05) is 18.4 Å². The summed E-state index contributed by atoms with van der Waals surface area (Å²) < 4.78 is 34.5. The summed E-state index contributed by atoms with van der Waals surface area (Å²) in [6.45, 7) is 10.1. The van der Waals surface area contributed by atoms with E-state index in [9.17, 15) is 76.0 Å². The molecule has 4 rings (SSSR count). The van der Waals surface area contributed by atoms with Crippen molar-refractivity contribution in [2.24, 2.45) is 11.3 Å². The van der Waals surface area contributed by atoms with Crippen molar-refractivity contribution in [2.75, 3.05) is 26.4 Å². The molecule has 3 heterocycles. The number of aldehydes is 1. The van der Waals surface area contributed by atoms with Crippen LogP contribution in [0.15, 0.2) is 34.4 Å². The van der Waals surface area contributed by atoms with Gasteiger partial charge in [0.2, 0.25) is 0 Å². The molecule has 0 bridgehead atoms. The maximum atomic E-state index is 13.4. The lowest BCUT2D eigenvalue weighted by molar-refractivity contribution is -0.318. The van der Waals surface area contributed by atoms with Crippen LogP contribution in [0.25, 0.3) is 0 Å². The molecule has 19 atom stereocenters. The fourth-order valence-corrected chi connectivity index (χ4v) is 9.74. The summed E-state index contributed by atoms with van der Waals surface area (Å²) in [5.41, 5.74) is -0.709. The zero-order valence-corrected chi connectivity index (χ0v) is 40.8. The smallest absolute Gasteiger partial charge is 0.187 e. The molecular formula is C48H80O21. The summed E-state index contributed by atoms with van der Waals surface area (Å²) in [7, 11) is 0. The summed E-state index contributed by atoms with van der Waals surface area (Å²) in [5.74, 6) is -0.703. The van der Waals surface area contributed by atoms with Crippen molar-refractivity contribution in [1.29, 1.82) is 0 Å². The fraction of sp³-hybridized carbons (Fsp3) is 0.833. The normalized spacial score (nSPS) is 40.6. The van der Waals surface area contributed by atoms with Crippen molar-refractivity contribution in [1.82, 2.24) is 0 Å². The van der Waals surface area contributed by atoms with Crippen LogP contribution in [0.1, 0.15) is 106 Å². The number of hydrogen-bond acceptors (Lipinski definition) is 21. The number of carbonyl (C=O) groups is 2. The number of allylic oxidation sites excluding steroid dienone is 4. The molecule has 1 saturated carbocycles. The first kappa shape index (κ1) is 59.4. The highest BCUT2D eigenvalue weighted by Gasteiger charge is 2.53. The number of hydrogen-bond donors (Lipinski definition) is 13. The number of ketones is 1. The average Bonchev–Trinajstić information content (AvgIpc) is 3.31. The van der Waals surface area contributed by atoms with Crippen molar-refractivity contribution in [3.8, 4) is 0 Å². The van der Waals surface area contributed by atoms with Crippen LogP contribution in [-0.4, -0.2) is 214 Å². The Kier molecular flexibility index (Phi) is 22.1. The summed E-state index contributed by atoms with van der Waals surface area (Å²) in [4.78, 5) is 25.6.